The minimum Gasteiger partial charge on any atom is -0.493 e. The van der Waals surface area contributed by atoms with Crippen LogP contribution in [0.5, 0.6) is 11.6 Å². The maximum absolute atomic E-state index is 12.4. The SMILES string of the molecule is CCOC(=O)c1cc(O)n(Cc2ccccc2OC(F)(F)F)n1. The second kappa shape index (κ2) is 6.59. The van der Waals surface area contributed by atoms with Crippen LogP contribution < -0.4 is 4.74 Å². The summed E-state index contributed by atoms with van der Waals surface area (Å²) in [5.41, 5.74) is -0.00259. The first-order chi connectivity index (χ1) is 10.8. The van der Waals surface area contributed by atoms with E-state index in [1.54, 1.807) is 6.92 Å². The molecule has 0 aliphatic carbocycles. The summed E-state index contributed by atoms with van der Waals surface area (Å²) in [5, 5.41) is 13.6. The molecule has 2 aromatic rings. The molecule has 1 N–H and O–H groups in total. The molecule has 0 radical (unpaired) electrons. The van der Waals surface area contributed by atoms with Crippen molar-refractivity contribution in [1.29, 1.82) is 0 Å². The molecule has 0 saturated carbocycles. The van der Waals surface area contributed by atoms with Crippen molar-refractivity contribution in [3.63, 3.8) is 0 Å². The quantitative estimate of drug-likeness (QED) is 0.853. The van der Waals surface area contributed by atoms with Gasteiger partial charge in [-0.05, 0) is 13.0 Å². The summed E-state index contributed by atoms with van der Waals surface area (Å²) < 4.78 is 46.8. The number of carbonyl (C=O) groups excluding carboxylic acids is 1. The third-order valence-corrected chi connectivity index (χ3v) is 2.76. The van der Waals surface area contributed by atoms with Crippen LogP contribution in [0, 0.1) is 0 Å². The molecule has 0 spiro atoms. The second-order valence-electron chi connectivity index (χ2n) is 4.42. The van der Waals surface area contributed by atoms with Crippen molar-refractivity contribution >= 4 is 5.97 Å². The molecule has 0 saturated heterocycles. The number of halogens is 3. The number of hydrogen-bond acceptors (Lipinski definition) is 5. The minimum absolute atomic E-state index is 0.134. The number of esters is 1. The highest BCUT2D eigenvalue weighted by Crippen LogP contribution is 2.27. The monoisotopic (exact) mass is 330 g/mol. The van der Waals surface area contributed by atoms with E-state index in [1.165, 1.54) is 18.2 Å². The van der Waals surface area contributed by atoms with E-state index in [4.69, 9.17) is 4.74 Å². The summed E-state index contributed by atoms with van der Waals surface area (Å²) in [6, 6.07) is 6.52. The number of aromatic nitrogens is 2. The molecular weight excluding hydrogens is 317 g/mol. The average molecular weight is 330 g/mol. The summed E-state index contributed by atoms with van der Waals surface area (Å²) in [7, 11) is 0. The lowest BCUT2D eigenvalue weighted by Gasteiger charge is -2.13. The molecule has 1 aromatic carbocycles. The summed E-state index contributed by atoms with van der Waals surface area (Å²) in [5.74, 6) is -1.52. The normalized spacial score (nSPS) is 11.3. The lowest BCUT2D eigenvalue weighted by atomic mass is 10.2. The Hall–Kier alpha value is -2.71. The molecule has 6 nitrogen and oxygen atoms in total. The Morgan fingerprint density at radius 1 is 1.35 bits per heavy atom. The number of alkyl halides is 3. The average Bonchev–Trinajstić information content (AvgIpc) is 2.81. The van der Waals surface area contributed by atoms with Crippen LogP contribution in [-0.4, -0.2) is 33.8 Å². The lowest BCUT2D eigenvalue weighted by Crippen LogP contribution is -2.18. The Bertz CT molecular complexity index is 698. The number of para-hydroxylation sites is 1. The fourth-order valence-electron chi connectivity index (χ4n) is 1.85. The van der Waals surface area contributed by atoms with E-state index in [-0.39, 0.29) is 30.3 Å². The first-order valence-electron chi connectivity index (χ1n) is 6.57. The van der Waals surface area contributed by atoms with Crippen molar-refractivity contribution < 1.29 is 32.5 Å². The van der Waals surface area contributed by atoms with Crippen molar-refractivity contribution in [3.8, 4) is 11.6 Å². The Kier molecular flexibility index (Phi) is 4.77. The van der Waals surface area contributed by atoms with Gasteiger partial charge in [-0.2, -0.15) is 5.10 Å². The molecule has 23 heavy (non-hydrogen) atoms. The molecule has 0 atom stereocenters. The predicted molar refractivity (Wildman–Crippen MR) is 72.1 cm³/mol. The van der Waals surface area contributed by atoms with E-state index >= 15 is 0 Å². The molecule has 2 rings (SSSR count). The van der Waals surface area contributed by atoms with Crippen LogP contribution in [0.1, 0.15) is 23.0 Å². The van der Waals surface area contributed by atoms with Crippen LogP contribution in [0.2, 0.25) is 0 Å². The number of carbonyl (C=O) groups is 1. The highest BCUT2D eigenvalue weighted by atomic mass is 19.4. The van der Waals surface area contributed by atoms with Gasteiger partial charge in [0.05, 0.1) is 13.2 Å². The van der Waals surface area contributed by atoms with E-state index in [1.807, 2.05) is 0 Å². The largest absolute Gasteiger partial charge is 0.573 e. The minimum atomic E-state index is -4.83. The lowest BCUT2D eigenvalue weighted by molar-refractivity contribution is -0.274. The van der Waals surface area contributed by atoms with Gasteiger partial charge >= 0.3 is 12.3 Å². The van der Waals surface area contributed by atoms with Crippen molar-refractivity contribution in [2.45, 2.75) is 19.8 Å². The molecule has 0 bridgehead atoms. The van der Waals surface area contributed by atoms with Crippen molar-refractivity contribution in [2.24, 2.45) is 0 Å². The van der Waals surface area contributed by atoms with Gasteiger partial charge in [0.1, 0.15) is 5.75 Å². The molecule has 0 aliphatic rings. The van der Waals surface area contributed by atoms with Gasteiger partial charge in [0.15, 0.2) is 5.69 Å². The Morgan fingerprint density at radius 2 is 2.04 bits per heavy atom. The van der Waals surface area contributed by atoms with Crippen molar-refractivity contribution in [2.75, 3.05) is 6.61 Å². The number of rotatable bonds is 5. The zero-order valence-corrected chi connectivity index (χ0v) is 12.0. The molecule has 1 heterocycles. The van der Waals surface area contributed by atoms with Crippen LogP contribution in [0.3, 0.4) is 0 Å². The van der Waals surface area contributed by atoms with E-state index in [9.17, 15) is 23.1 Å². The molecule has 0 fully saturated rings. The number of ether oxygens (including phenoxy) is 2. The molecule has 1 aromatic heterocycles. The smallest absolute Gasteiger partial charge is 0.493 e. The van der Waals surface area contributed by atoms with Gasteiger partial charge in [-0.15, -0.1) is 13.2 Å². The standard InChI is InChI=1S/C14H13F3N2O4/c1-2-22-13(21)10-7-12(20)19(18-10)8-9-5-3-4-6-11(9)23-14(15,16)17/h3-7,20H,2,8H2,1H3. The summed E-state index contributed by atoms with van der Waals surface area (Å²) >= 11 is 0. The fourth-order valence-corrected chi connectivity index (χ4v) is 1.85. The molecule has 0 amide bonds. The van der Waals surface area contributed by atoms with Crippen molar-refractivity contribution in [3.05, 3.63) is 41.6 Å². The van der Waals surface area contributed by atoms with Gasteiger partial charge in [-0.3, -0.25) is 0 Å². The maximum atomic E-state index is 12.4. The molecule has 9 heteroatoms. The fraction of sp³-hybridized carbons (Fsp3) is 0.286. The number of hydrogen-bond donors (Lipinski definition) is 1. The second-order valence-corrected chi connectivity index (χ2v) is 4.42. The van der Waals surface area contributed by atoms with Crippen molar-refractivity contribution in [1.82, 2.24) is 9.78 Å². The first-order valence-corrected chi connectivity index (χ1v) is 6.57. The Labute approximate surface area is 129 Å². The predicted octanol–water partition coefficient (Wildman–Crippen LogP) is 2.71. The highest BCUT2D eigenvalue weighted by molar-refractivity contribution is 5.87. The number of benzene rings is 1. The number of aromatic hydroxyl groups is 1. The molecular formula is C14H13F3N2O4. The van der Waals surface area contributed by atoms with Crippen LogP contribution in [-0.2, 0) is 11.3 Å². The molecule has 0 aliphatic heterocycles. The van der Waals surface area contributed by atoms with Gasteiger partial charge in [0, 0.05) is 11.6 Å². The van der Waals surface area contributed by atoms with Crippen LogP contribution >= 0.6 is 0 Å². The third-order valence-electron chi connectivity index (χ3n) is 2.76. The number of nitrogens with zero attached hydrogens (tertiary/aromatic N) is 2. The van der Waals surface area contributed by atoms with Crippen LogP contribution in [0.4, 0.5) is 13.2 Å². The summed E-state index contributed by atoms with van der Waals surface area (Å²) in [4.78, 5) is 11.5. The van der Waals surface area contributed by atoms with Gasteiger partial charge in [0.2, 0.25) is 5.88 Å². The van der Waals surface area contributed by atoms with Gasteiger partial charge in [-0.25, -0.2) is 9.48 Å². The summed E-state index contributed by atoms with van der Waals surface area (Å²) in [6.45, 7) is 1.53. The Morgan fingerprint density at radius 3 is 2.70 bits per heavy atom. The maximum Gasteiger partial charge on any atom is 0.573 e. The van der Waals surface area contributed by atoms with E-state index in [2.05, 4.69) is 9.84 Å². The Balaban J connectivity index is 2.25. The van der Waals surface area contributed by atoms with E-state index < -0.39 is 18.1 Å². The van der Waals surface area contributed by atoms with Gasteiger partial charge in [0.25, 0.3) is 0 Å². The highest BCUT2D eigenvalue weighted by Gasteiger charge is 2.32. The summed E-state index contributed by atoms with van der Waals surface area (Å²) in [6.07, 6.45) is -4.83. The van der Waals surface area contributed by atoms with Gasteiger partial charge in [-0.1, -0.05) is 18.2 Å². The zero-order valence-electron chi connectivity index (χ0n) is 12.0. The zero-order chi connectivity index (χ0) is 17.0. The van der Waals surface area contributed by atoms with E-state index in [0.29, 0.717) is 0 Å². The van der Waals surface area contributed by atoms with Gasteiger partial charge < -0.3 is 14.6 Å². The van der Waals surface area contributed by atoms with Crippen LogP contribution in [0.15, 0.2) is 30.3 Å². The van der Waals surface area contributed by atoms with E-state index in [0.717, 1.165) is 16.8 Å². The molecule has 0 unspecified atom stereocenters. The molecule has 124 valence electrons. The topological polar surface area (TPSA) is 73.6 Å². The third kappa shape index (κ3) is 4.38. The first kappa shape index (κ1) is 16.7. The van der Waals surface area contributed by atoms with Crippen LogP contribution in [0.25, 0.3) is 0 Å².